The number of likely N-dealkylation sites (tertiary alicyclic amines) is 1. The lowest BCUT2D eigenvalue weighted by Crippen LogP contribution is -2.44. The maximum absolute atomic E-state index is 12.3. The third-order valence-corrected chi connectivity index (χ3v) is 4.39. The van der Waals surface area contributed by atoms with Gasteiger partial charge in [0.05, 0.1) is 17.9 Å². The summed E-state index contributed by atoms with van der Waals surface area (Å²) in [6.45, 7) is 5.83. The summed E-state index contributed by atoms with van der Waals surface area (Å²) in [5.74, 6) is 0.710. The van der Waals surface area contributed by atoms with Crippen LogP contribution in [-0.4, -0.2) is 39.0 Å². The summed E-state index contributed by atoms with van der Waals surface area (Å²) in [6.07, 6.45) is 4.01. The Bertz CT molecular complexity index is 646. The van der Waals surface area contributed by atoms with Crippen molar-refractivity contribution in [2.45, 2.75) is 32.7 Å². The lowest BCUT2D eigenvalue weighted by Gasteiger charge is -2.31. The maximum Gasteiger partial charge on any atom is 0.317 e. The van der Waals surface area contributed by atoms with Crippen LogP contribution >= 0.6 is 0 Å². The van der Waals surface area contributed by atoms with Gasteiger partial charge in [-0.25, -0.2) is 9.48 Å². The van der Waals surface area contributed by atoms with E-state index in [0.717, 1.165) is 37.3 Å². The van der Waals surface area contributed by atoms with Crippen molar-refractivity contribution < 1.29 is 4.79 Å². The Morgan fingerprint density at radius 1 is 1.26 bits per heavy atom. The van der Waals surface area contributed by atoms with E-state index in [-0.39, 0.29) is 12.1 Å². The molecule has 1 aliphatic heterocycles. The van der Waals surface area contributed by atoms with Crippen molar-refractivity contribution in [3.63, 3.8) is 0 Å². The molecule has 1 aromatic carbocycles. The highest BCUT2D eigenvalue weighted by Crippen LogP contribution is 2.17. The van der Waals surface area contributed by atoms with Gasteiger partial charge in [-0.05, 0) is 37.8 Å². The second-order valence-corrected chi connectivity index (χ2v) is 6.26. The van der Waals surface area contributed by atoms with Gasteiger partial charge in [0.2, 0.25) is 0 Å². The molecule has 0 aliphatic carbocycles. The minimum atomic E-state index is -0.167. The Kier molecular flexibility index (Phi) is 4.60. The first-order chi connectivity index (χ1) is 11.1. The van der Waals surface area contributed by atoms with Gasteiger partial charge < -0.3 is 10.2 Å². The molecule has 3 rings (SSSR count). The summed E-state index contributed by atoms with van der Waals surface area (Å²) in [5.41, 5.74) is 1.71. The fourth-order valence-electron chi connectivity index (χ4n) is 2.74. The highest BCUT2D eigenvalue weighted by molar-refractivity contribution is 5.74. The van der Waals surface area contributed by atoms with Crippen molar-refractivity contribution >= 4 is 6.03 Å². The molecule has 0 bridgehead atoms. The van der Waals surface area contributed by atoms with Crippen LogP contribution in [0.1, 0.15) is 38.4 Å². The largest absolute Gasteiger partial charge is 0.330 e. The van der Waals surface area contributed by atoms with Crippen LogP contribution in [-0.2, 0) is 0 Å². The Morgan fingerprint density at radius 3 is 2.65 bits per heavy atom. The number of para-hydroxylation sites is 1. The summed E-state index contributed by atoms with van der Waals surface area (Å²) in [5, 5.41) is 11.3. The third-order valence-electron chi connectivity index (χ3n) is 4.39. The number of hydrogen-bond donors (Lipinski definition) is 1. The van der Waals surface area contributed by atoms with Crippen molar-refractivity contribution in [1.29, 1.82) is 0 Å². The Hall–Kier alpha value is -2.37. The van der Waals surface area contributed by atoms with E-state index in [1.54, 1.807) is 4.68 Å². The highest BCUT2D eigenvalue weighted by atomic mass is 16.2. The number of carbonyl (C=O) groups is 1. The Balaban J connectivity index is 1.61. The van der Waals surface area contributed by atoms with Gasteiger partial charge >= 0.3 is 6.03 Å². The Morgan fingerprint density at radius 2 is 1.96 bits per heavy atom. The van der Waals surface area contributed by atoms with Crippen molar-refractivity contribution in [3.05, 3.63) is 42.2 Å². The lowest BCUT2D eigenvalue weighted by molar-refractivity contribution is 0.171. The minimum absolute atomic E-state index is 0.0151. The number of rotatable bonds is 3. The molecule has 1 atom stereocenters. The normalized spacial score (nSPS) is 17.0. The molecule has 1 N–H and O–H groups in total. The molecule has 0 saturated carbocycles. The van der Waals surface area contributed by atoms with E-state index in [1.165, 1.54) is 0 Å². The first-order valence-corrected chi connectivity index (χ1v) is 8.16. The van der Waals surface area contributed by atoms with Gasteiger partial charge in [0.15, 0.2) is 0 Å². The SMILES string of the molecule is CC1CCN(C(=O)N[C@H](C)c2cn(-c3ccccc3)nn2)CC1. The zero-order valence-corrected chi connectivity index (χ0v) is 13.6. The predicted octanol–water partition coefficient (Wildman–Crippen LogP) is 2.77. The third kappa shape index (κ3) is 3.70. The molecule has 6 nitrogen and oxygen atoms in total. The van der Waals surface area contributed by atoms with Crippen LogP contribution in [0.3, 0.4) is 0 Å². The molecule has 2 aromatic rings. The maximum atomic E-state index is 12.3. The monoisotopic (exact) mass is 313 g/mol. The molecular weight excluding hydrogens is 290 g/mol. The van der Waals surface area contributed by atoms with Crippen molar-refractivity contribution in [2.75, 3.05) is 13.1 Å². The number of amides is 2. The summed E-state index contributed by atoms with van der Waals surface area (Å²) >= 11 is 0. The van der Waals surface area contributed by atoms with E-state index in [4.69, 9.17) is 0 Å². The number of nitrogens with one attached hydrogen (secondary N) is 1. The number of aromatic nitrogens is 3. The second kappa shape index (κ2) is 6.81. The van der Waals surface area contributed by atoms with Crippen LogP contribution < -0.4 is 5.32 Å². The molecule has 2 amide bonds. The van der Waals surface area contributed by atoms with Gasteiger partial charge in [-0.1, -0.05) is 30.3 Å². The van der Waals surface area contributed by atoms with Gasteiger partial charge in [0.25, 0.3) is 0 Å². The van der Waals surface area contributed by atoms with Crippen LogP contribution in [0.25, 0.3) is 5.69 Å². The van der Waals surface area contributed by atoms with E-state index in [0.29, 0.717) is 5.92 Å². The van der Waals surface area contributed by atoms with Crippen molar-refractivity contribution in [1.82, 2.24) is 25.2 Å². The summed E-state index contributed by atoms with van der Waals surface area (Å²) in [7, 11) is 0. The molecule has 1 saturated heterocycles. The number of hydrogen-bond acceptors (Lipinski definition) is 3. The van der Waals surface area contributed by atoms with E-state index in [2.05, 4.69) is 22.6 Å². The first-order valence-electron chi connectivity index (χ1n) is 8.16. The number of nitrogens with zero attached hydrogens (tertiary/aromatic N) is 4. The molecule has 6 heteroatoms. The van der Waals surface area contributed by atoms with E-state index in [9.17, 15) is 4.79 Å². The quantitative estimate of drug-likeness (QED) is 0.947. The Labute approximate surface area is 136 Å². The van der Waals surface area contributed by atoms with Crippen molar-refractivity contribution in [3.8, 4) is 5.69 Å². The first kappa shape index (κ1) is 15.5. The number of carbonyl (C=O) groups excluding carboxylic acids is 1. The van der Waals surface area contributed by atoms with Gasteiger partial charge in [-0.2, -0.15) is 0 Å². The lowest BCUT2D eigenvalue weighted by atomic mass is 10.00. The zero-order valence-electron chi connectivity index (χ0n) is 13.6. The summed E-state index contributed by atoms with van der Waals surface area (Å²) < 4.78 is 1.72. The highest BCUT2D eigenvalue weighted by Gasteiger charge is 2.22. The average molecular weight is 313 g/mol. The molecule has 1 fully saturated rings. The van der Waals surface area contributed by atoms with Gasteiger partial charge in [-0.3, -0.25) is 0 Å². The second-order valence-electron chi connectivity index (χ2n) is 6.26. The van der Waals surface area contributed by atoms with E-state index >= 15 is 0 Å². The van der Waals surface area contributed by atoms with Crippen LogP contribution in [0.5, 0.6) is 0 Å². The smallest absolute Gasteiger partial charge is 0.317 e. The summed E-state index contributed by atoms with van der Waals surface area (Å²) in [4.78, 5) is 14.2. The molecular formula is C17H23N5O. The topological polar surface area (TPSA) is 63.1 Å². The minimum Gasteiger partial charge on any atom is -0.330 e. The van der Waals surface area contributed by atoms with Crippen LogP contribution in [0.15, 0.2) is 36.5 Å². The van der Waals surface area contributed by atoms with Gasteiger partial charge in [0, 0.05) is 13.1 Å². The van der Waals surface area contributed by atoms with Crippen LogP contribution in [0.2, 0.25) is 0 Å². The molecule has 0 unspecified atom stereocenters. The zero-order chi connectivity index (χ0) is 16.2. The molecule has 0 spiro atoms. The summed E-state index contributed by atoms with van der Waals surface area (Å²) in [6, 6.07) is 9.63. The number of benzene rings is 1. The molecule has 2 heterocycles. The fourth-order valence-corrected chi connectivity index (χ4v) is 2.74. The molecule has 1 aliphatic rings. The average Bonchev–Trinajstić information content (AvgIpc) is 3.06. The van der Waals surface area contributed by atoms with Gasteiger partial charge in [-0.15, -0.1) is 5.10 Å². The van der Waals surface area contributed by atoms with E-state index in [1.807, 2.05) is 48.4 Å². The standard InChI is InChI=1S/C17H23N5O/c1-13-8-10-21(11-9-13)17(23)18-14(2)16-12-22(20-19-16)15-6-4-3-5-7-15/h3-7,12-14H,8-11H2,1-2H3,(H,18,23)/t14-/m1/s1. The number of urea groups is 1. The van der Waals surface area contributed by atoms with Crippen LogP contribution in [0, 0.1) is 5.92 Å². The van der Waals surface area contributed by atoms with Crippen molar-refractivity contribution in [2.24, 2.45) is 5.92 Å². The molecule has 0 radical (unpaired) electrons. The van der Waals surface area contributed by atoms with Gasteiger partial charge in [0.1, 0.15) is 5.69 Å². The molecule has 1 aromatic heterocycles. The number of piperidine rings is 1. The molecule has 23 heavy (non-hydrogen) atoms. The van der Waals surface area contributed by atoms with E-state index < -0.39 is 0 Å². The molecule has 122 valence electrons. The predicted molar refractivity (Wildman–Crippen MR) is 88.3 cm³/mol. The van der Waals surface area contributed by atoms with Crippen LogP contribution in [0.4, 0.5) is 4.79 Å². The fraction of sp³-hybridized carbons (Fsp3) is 0.471.